The molecular formula is C23H48FNO. The molecule has 2 rings (SSSR count). The van der Waals surface area contributed by atoms with E-state index in [1.807, 2.05) is 55.4 Å². The third-order valence-electron chi connectivity index (χ3n) is 1.95. The van der Waals surface area contributed by atoms with Gasteiger partial charge in [0, 0.05) is 24.2 Å². The van der Waals surface area contributed by atoms with Crippen LogP contribution in [0.4, 0.5) is 10.1 Å². The minimum atomic E-state index is -0.356. The standard InChI is InChI=1S/C9H8FNO.2C3H8.4C2H6/c10-6-1-2-8-7(5-6)9(12)3-4-11-8;2*1-3-2;4*1-2/h1-2,5,11H,3-4H2;2*3H2,1-2H3;4*1-2H3. The van der Waals surface area contributed by atoms with Crippen molar-refractivity contribution >= 4 is 11.5 Å². The second-order valence-electron chi connectivity index (χ2n) is 4.20. The molecule has 0 fully saturated rings. The van der Waals surface area contributed by atoms with E-state index in [0.717, 1.165) is 5.69 Å². The van der Waals surface area contributed by atoms with Crippen molar-refractivity contribution in [3.63, 3.8) is 0 Å². The fourth-order valence-electron chi connectivity index (χ4n) is 1.35. The van der Waals surface area contributed by atoms with Crippen molar-refractivity contribution < 1.29 is 9.18 Å². The Balaban J connectivity index is -0.0000000888. The van der Waals surface area contributed by atoms with E-state index >= 15 is 0 Å². The number of anilines is 1. The van der Waals surface area contributed by atoms with E-state index in [1.165, 1.54) is 25.0 Å². The van der Waals surface area contributed by atoms with E-state index in [2.05, 4.69) is 33.0 Å². The van der Waals surface area contributed by atoms with Gasteiger partial charge in [-0.15, -0.1) is 0 Å². The number of benzene rings is 1. The summed E-state index contributed by atoms with van der Waals surface area (Å²) in [6.45, 7) is 25.2. The molecule has 0 atom stereocenters. The minimum absolute atomic E-state index is 0.0169. The first-order valence-corrected chi connectivity index (χ1v) is 10.7. The Morgan fingerprint density at radius 3 is 1.62 bits per heavy atom. The van der Waals surface area contributed by atoms with Gasteiger partial charge in [0.25, 0.3) is 0 Å². The van der Waals surface area contributed by atoms with Gasteiger partial charge in [-0.05, 0) is 18.2 Å². The Kier molecular flexibility index (Phi) is 47.8. The van der Waals surface area contributed by atoms with Crippen LogP contribution in [0.2, 0.25) is 0 Å². The van der Waals surface area contributed by atoms with E-state index in [0.29, 0.717) is 18.5 Å². The summed E-state index contributed by atoms with van der Waals surface area (Å²) >= 11 is 0. The van der Waals surface area contributed by atoms with Crippen LogP contribution in [0.15, 0.2) is 18.2 Å². The number of rotatable bonds is 0. The van der Waals surface area contributed by atoms with Crippen LogP contribution in [0.5, 0.6) is 0 Å². The molecule has 0 unspecified atom stereocenters. The maximum absolute atomic E-state index is 12.7. The second kappa shape index (κ2) is 34.9. The van der Waals surface area contributed by atoms with Gasteiger partial charge in [0.1, 0.15) is 5.82 Å². The molecule has 0 aliphatic carbocycles. The highest BCUT2D eigenvalue weighted by Gasteiger charge is 2.16. The second-order valence-corrected chi connectivity index (χ2v) is 4.20. The molecule has 0 saturated carbocycles. The van der Waals surface area contributed by atoms with Gasteiger partial charge >= 0.3 is 0 Å². The number of carbonyl (C=O) groups is 1. The third-order valence-corrected chi connectivity index (χ3v) is 1.95. The Bertz CT molecular complexity index is 363. The first-order chi connectivity index (χ1) is 12.6. The molecule has 1 N–H and O–H groups in total. The summed E-state index contributed by atoms with van der Waals surface area (Å²) in [5.74, 6) is -0.339. The third kappa shape index (κ3) is 22.6. The molecule has 0 saturated heterocycles. The largest absolute Gasteiger partial charge is 0.384 e. The van der Waals surface area contributed by atoms with Crippen LogP contribution >= 0.6 is 0 Å². The van der Waals surface area contributed by atoms with E-state index in [1.54, 1.807) is 6.07 Å². The number of ketones is 1. The van der Waals surface area contributed by atoms with Crippen molar-refractivity contribution in [1.82, 2.24) is 0 Å². The van der Waals surface area contributed by atoms with E-state index in [4.69, 9.17) is 0 Å². The van der Waals surface area contributed by atoms with Crippen LogP contribution in [0.25, 0.3) is 0 Å². The Morgan fingerprint density at radius 1 is 0.846 bits per heavy atom. The highest BCUT2D eigenvalue weighted by Crippen LogP contribution is 2.22. The van der Waals surface area contributed by atoms with E-state index in [9.17, 15) is 9.18 Å². The lowest BCUT2D eigenvalue weighted by atomic mass is 10.0. The van der Waals surface area contributed by atoms with Crippen molar-refractivity contribution in [2.45, 2.75) is 102 Å². The van der Waals surface area contributed by atoms with Gasteiger partial charge in [-0.2, -0.15) is 0 Å². The van der Waals surface area contributed by atoms with Crippen molar-refractivity contribution in [3.8, 4) is 0 Å². The first kappa shape index (κ1) is 35.7. The van der Waals surface area contributed by atoms with Crippen LogP contribution in [-0.4, -0.2) is 12.3 Å². The lowest BCUT2D eigenvalue weighted by Gasteiger charge is -2.16. The number of Topliss-reactive ketones (excluding diaryl/α,β-unsaturated/α-hetero) is 1. The van der Waals surface area contributed by atoms with Crippen molar-refractivity contribution in [3.05, 3.63) is 29.6 Å². The molecular weight excluding hydrogens is 325 g/mol. The number of fused-ring (bicyclic) bond motifs is 1. The molecule has 2 nitrogen and oxygen atoms in total. The molecule has 1 aromatic carbocycles. The summed E-state index contributed by atoms with van der Waals surface area (Å²) in [6, 6.07) is 4.23. The van der Waals surface area contributed by atoms with Gasteiger partial charge in [-0.3, -0.25) is 4.79 Å². The van der Waals surface area contributed by atoms with E-state index < -0.39 is 0 Å². The minimum Gasteiger partial charge on any atom is -0.384 e. The van der Waals surface area contributed by atoms with Crippen molar-refractivity contribution in [2.75, 3.05) is 11.9 Å². The maximum atomic E-state index is 12.7. The summed E-state index contributed by atoms with van der Waals surface area (Å²) in [4.78, 5) is 11.2. The van der Waals surface area contributed by atoms with Crippen LogP contribution in [0.1, 0.15) is 113 Å². The number of halogens is 1. The summed E-state index contributed by atoms with van der Waals surface area (Å²) in [6.07, 6.45) is 2.95. The molecule has 1 aliphatic rings. The van der Waals surface area contributed by atoms with Gasteiger partial charge in [0.15, 0.2) is 5.78 Å². The highest BCUT2D eigenvalue weighted by molar-refractivity contribution is 6.02. The SMILES string of the molecule is CC.CC.CC.CC.CCC.CCC.O=C1CCNc2ccc(F)cc21. The van der Waals surface area contributed by atoms with Gasteiger partial charge in [0.2, 0.25) is 0 Å². The highest BCUT2D eigenvalue weighted by atomic mass is 19.1. The molecule has 0 spiro atoms. The summed E-state index contributed by atoms with van der Waals surface area (Å²) in [5.41, 5.74) is 1.22. The molecule has 0 amide bonds. The van der Waals surface area contributed by atoms with Gasteiger partial charge in [-0.25, -0.2) is 4.39 Å². The first-order valence-electron chi connectivity index (χ1n) is 10.7. The summed E-state index contributed by atoms with van der Waals surface area (Å²) in [5, 5.41) is 3.03. The molecule has 0 radical (unpaired) electrons. The fourth-order valence-corrected chi connectivity index (χ4v) is 1.35. The average Bonchev–Trinajstić information content (AvgIpc) is 2.70. The zero-order valence-corrected chi connectivity index (χ0v) is 19.8. The van der Waals surface area contributed by atoms with Crippen LogP contribution in [0, 0.1) is 5.82 Å². The molecule has 1 heterocycles. The zero-order valence-electron chi connectivity index (χ0n) is 19.8. The molecule has 1 aromatic rings. The number of carbonyl (C=O) groups excluding carboxylic acids is 1. The smallest absolute Gasteiger partial charge is 0.166 e. The van der Waals surface area contributed by atoms with Crippen molar-refractivity contribution in [1.29, 1.82) is 0 Å². The maximum Gasteiger partial charge on any atom is 0.166 e. The number of nitrogens with one attached hydrogen (secondary N) is 1. The Morgan fingerprint density at radius 2 is 1.23 bits per heavy atom. The lowest BCUT2D eigenvalue weighted by Crippen LogP contribution is -2.17. The van der Waals surface area contributed by atoms with Crippen LogP contribution < -0.4 is 5.32 Å². The van der Waals surface area contributed by atoms with Gasteiger partial charge in [-0.1, -0.05) is 95.9 Å². The zero-order chi connectivity index (χ0) is 22.0. The van der Waals surface area contributed by atoms with Gasteiger partial charge in [0.05, 0.1) is 0 Å². The molecule has 0 bridgehead atoms. The van der Waals surface area contributed by atoms with Crippen molar-refractivity contribution in [2.24, 2.45) is 0 Å². The molecule has 0 aromatic heterocycles. The Hall–Kier alpha value is -1.38. The fraction of sp³-hybridized carbons (Fsp3) is 0.696. The summed E-state index contributed by atoms with van der Waals surface area (Å²) in [7, 11) is 0. The number of hydrogen-bond donors (Lipinski definition) is 1. The Labute approximate surface area is 165 Å². The molecule has 1 aliphatic heterocycles. The average molecular weight is 374 g/mol. The van der Waals surface area contributed by atoms with E-state index in [-0.39, 0.29) is 11.6 Å². The quantitative estimate of drug-likeness (QED) is 0.492. The van der Waals surface area contributed by atoms with Gasteiger partial charge < -0.3 is 5.32 Å². The predicted molar refractivity (Wildman–Crippen MR) is 121 cm³/mol. The summed E-state index contributed by atoms with van der Waals surface area (Å²) < 4.78 is 12.7. The number of hydrogen-bond acceptors (Lipinski definition) is 2. The monoisotopic (exact) mass is 373 g/mol. The molecule has 3 heteroatoms. The molecule has 158 valence electrons. The predicted octanol–water partition coefficient (Wildman–Crippen LogP) is 8.76. The lowest BCUT2D eigenvalue weighted by molar-refractivity contribution is 0.0983. The van der Waals surface area contributed by atoms with Crippen LogP contribution in [-0.2, 0) is 0 Å². The topological polar surface area (TPSA) is 29.1 Å². The van der Waals surface area contributed by atoms with Crippen LogP contribution in [0.3, 0.4) is 0 Å². The normalized spacial score (nSPS) is 9.35. The molecule has 26 heavy (non-hydrogen) atoms.